The molecule has 2 fully saturated rings. The number of rotatable bonds is 5. The Balaban J connectivity index is 0.000000178. The third-order valence-corrected chi connectivity index (χ3v) is 4.65. The number of epoxide rings is 1. The second kappa shape index (κ2) is 11.7. The van der Waals surface area contributed by atoms with Crippen LogP contribution in [0.4, 0.5) is 0 Å². The van der Waals surface area contributed by atoms with Gasteiger partial charge in [-0.25, -0.2) is 0 Å². The van der Waals surface area contributed by atoms with Crippen LogP contribution in [-0.2, 0) is 16.0 Å². The van der Waals surface area contributed by atoms with E-state index in [9.17, 15) is 4.79 Å². The van der Waals surface area contributed by atoms with E-state index in [1.54, 1.807) is 0 Å². The lowest BCUT2D eigenvalue weighted by atomic mass is 10.1. The minimum atomic E-state index is 0.168. The number of nitrogens with one attached hydrogen (secondary N) is 3. The maximum Gasteiger partial charge on any atom is 0.207 e. The predicted octanol–water partition coefficient (Wildman–Crippen LogP) is 2.51. The molecule has 1 amide bonds. The Kier molecular flexibility index (Phi) is 9.31. The molecule has 0 spiro atoms. The third kappa shape index (κ3) is 8.12. The molecule has 4 rings (SSSR count). The standard InChI is InChI=1S/C12H14N2O.C5H11N.C4H9NO/c1-9(14-8-15)6-10-7-13-12-5-3-2-4-11(10)12;1-2-4-6-5-3-1;1-5(2)4-3-6-4/h2-5,7-9,13H,6H2,1H3,(H,14,15);6H,1-5H2;4H,3H2,1-2H3. The summed E-state index contributed by atoms with van der Waals surface area (Å²) >= 11 is 0. The van der Waals surface area contributed by atoms with Crippen molar-refractivity contribution in [2.45, 2.75) is 44.9 Å². The number of aromatic nitrogens is 1. The molecule has 150 valence electrons. The number of benzene rings is 1. The van der Waals surface area contributed by atoms with Crippen LogP contribution < -0.4 is 10.6 Å². The molecule has 27 heavy (non-hydrogen) atoms. The van der Waals surface area contributed by atoms with Crippen molar-refractivity contribution in [3.63, 3.8) is 0 Å². The first-order valence-corrected chi connectivity index (χ1v) is 9.85. The van der Waals surface area contributed by atoms with Gasteiger partial charge in [0.05, 0.1) is 6.61 Å². The van der Waals surface area contributed by atoms with Gasteiger partial charge in [-0.15, -0.1) is 0 Å². The molecule has 2 unspecified atom stereocenters. The zero-order valence-corrected chi connectivity index (χ0v) is 16.8. The zero-order valence-electron chi connectivity index (χ0n) is 16.8. The van der Waals surface area contributed by atoms with Gasteiger partial charge in [-0.05, 0) is 65.0 Å². The number of hydrogen-bond donors (Lipinski definition) is 3. The summed E-state index contributed by atoms with van der Waals surface area (Å²) in [6.07, 6.45) is 8.26. The maximum atomic E-state index is 10.3. The summed E-state index contributed by atoms with van der Waals surface area (Å²) < 4.78 is 4.90. The summed E-state index contributed by atoms with van der Waals surface area (Å²) in [5, 5.41) is 7.27. The number of carbonyl (C=O) groups is 1. The van der Waals surface area contributed by atoms with Crippen LogP contribution in [0.1, 0.15) is 31.7 Å². The maximum absolute atomic E-state index is 10.3. The largest absolute Gasteiger partial charge is 0.361 e. The number of para-hydroxylation sites is 1. The van der Waals surface area contributed by atoms with Crippen molar-refractivity contribution in [3.8, 4) is 0 Å². The zero-order chi connectivity index (χ0) is 19.5. The Hall–Kier alpha value is -1.89. The number of carbonyl (C=O) groups excluding carboxylic acids is 1. The van der Waals surface area contributed by atoms with Crippen LogP contribution in [0.5, 0.6) is 0 Å². The number of hydrogen-bond acceptors (Lipinski definition) is 4. The number of H-pyrrole nitrogens is 1. The Morgan fingerprint density at radius 2 is 1.96 bits per heavy atom. The molecule has 3 N–H and O–H groups in total. The van der Waals surface area contributed by atoms with Crippen LogP contribution in [0, 0.1) is 0 Å². The summed E-state index contributed by atoms with van der Waals surface area (Å²) in [5.74, 6) is 0. The summed E-state index contributed by atoms with van der Waals surface area (Å²) in [6.45, 7) is 5.42. The van der Waals surface area contributed by atoms with Crippen molar-refractivity contribution in [3.05, 3.63) is 36.0 Å². The summed E-state index contributed by atoms with van der Waals surface area (Å²) in [6, 6.07) is 8.35. The van der Waals surface area contributed by atoms with E-state index in [0.29, 0.717) is 6.23 Å². The normalized spacial score (nSPS) is 19.3. The predicted molar refractivity (Wildman–Crippen MR) is 111 cm³/mol. The molecule has 6 nitrogen and oxygen atoms in total. The van der Waals surface area contributed by atoms with E-state index in [-0.39, 0.29) is 6.04 Å². The minimum Gasteiger partial charge on any atom is -0.361 e. The fourth-order valence-corrected chi connectivity index (χ4v) is 2.95. The molecule has 3 heterocycles. The van der Waals surface area contributed by atoms with Gasteiger partial charge < -0.3 is 20.4 Å². The monoisotopic (exact) mass is 374 g/mol. The number of nitrogens with zero attached hydrogens (tertiary/aromatic N) is 1. The summed E-state index contributed by atoms with van der Waals surface area (Å²) in [4.78, 5) is 15.6. The van der Waals surface area contributed by atoms with Crippen molar-refractivity contribution in [2.24, 2.45) is 0 Å². The number of aromatic amines is 1. The number of amides is 1. The SMILES string of the molecule is C1CCNCC1.CC(Cc1c[nH]c2ccccc12)NC=O.CN(C)C1CO1. The Labute approximate surface area is 162 Å². The molecule has 1 aromatic heterocycles. The van der Waals surface area contributed by atoms with E-state index in [1.165, 1.54) is 43.3 Å². The first-order chi connectivity index (χ1) is 13.1. The third-order valence-electron chi connectivity index (χ3n) is 4.65. The molecule has 2 aliphatic rings. The quantitative estimate of drug-likeness (QED) is 0.555. The van der Waals surface area contributed by atoms with Crippen molar-refractivity contribution in [2.75, 3.05) is 33.8 Å². The van der Waals surface area contributed by atoms with Gasteiger partial charge in [0, 0.05) is 23.1 Å². The minimum absolute atomic E-state index is 0.168. The van der Waals surface area contributed by atoms with Gasteiger partial charge in [-0.1, -0.05) is 24.6 Å². The lowest BCUT2D eigenvalue weighted by molar-refractivity contribution is -0.110. The molecule has 2 aromatic rings. The molecule has 0 radical (unpaired) electrons. The van der Waals surface area contributed by atoms with E-state index >= 15 is 0 Å². The van der Waals surface area contributed by atoms with Gasteiger partial charge in [-0.3, -0.25) is 9.69 Å². The van der Waals surface area contributed by atoms with Crippen LogP contribution in [0.15, 0.2) is 30.5 Å². The number of ether oxygens (including phenoxy) is 1. The van der Waals surface area contributed by atoms with E-state index in [4.69, 9.17) is 4.74 Å². The highest BCUT2D eigenvalue weighted by Gasteiger charge is 2.23. The number of piperidine rings is 1. The first kappa shape index (κ1) is 21.4. The molecule has 2 aliphatic heterocycles. The van der Waals surface area contributed by atoms with Crippen molar-refractivity contribution in [1.82, 2.24) is 20.5 Å². The van der Waals surface area contributed by atoms with Crippen LogP contribution in [-0.4, -0.2) is 62.4 Å². The molecule has 6 heteroatoms. The first-order valence-electron chi connectivity index (χ1n) is 9.85. The average Bonchev–Trinajstić information content (AvgIpc) is 3.48. The van der Waals surface area contributed by atoms with Crippen molar-refractivity contribution >= 4 is 17.3 Å². The van der Waals surface area contributed by atoms with E-state index in [0.717, 1.165) is 25.0 Å². The van der Waals surface area contributed by atoms with Crippen molar-refractivity contribution < 1.29 is 9.53 Å². The smallest absolute Gasteiger partial charge is 0.207 e. The van der Waals surface area contributed by atoms with E-state index in [2.05, 4.69) is 32.7 Å². The Bertz CT molecular complexity index is 651. The molecule has 0 aliphatic carbocycles. The second-order valence-corrected chi connectivity index (χ2v) is 7.31. The van der Waals surface area contributed by atoms with Gasteiger partial charge in [-0.2, -0.15) is 0 Å². The average molecular weight is 375 g/mol. The van der Waals surface area contributed by atoms with Gasteiger partial charge in [0.1, 0.15) is 6.23 Å². The Morgan fingerprint density at radius 3 is 2.44 bits per heavy atom. The number of likely N-dealkylation sites (N-methyl/N-ethyl adjacent to an activating group) is 1. The molecule has 0 saturated carbocycles. The highest BCUT2D eigenvalue weighted by Crippen LogP contribution is 2.18. The van der Waals surface area contributed by atoms with Crippen molar-refractivity contribution in [1.29, 1.82) is 0 Å². The molecular weight excluding hydrogens is 340 g/mol. The topological polar surface area (TPSA) is 72.7 Å². The molecule has 1 aromatic carbocycles. The molecular formula is C21H34N4O2. The second-order valence-electron chi connectivity index (χ2n) is 7.31. The molecule has 0 bridgehead atoms. The van der Waals surface area contributed by atoms with Gasteiger partial charge in [0.25, 0.3) is 0 Å². The van der Waals surface area contributed by atoms with E-state index < -0.39 is 0 Å². The van der Waals surface area contributed by atoms with Gasteiger partial charge >= 0.3 is 0 Å². The summed E-state index contributed by atoms with van der Waals surface area (Å²) in [5.41, 5.74) is 2.39. The fraction of sp³-hybridized carbons (Fsp3) is 0.571. The fourth-order valence-electron chi connectivity index (χ4n) is 2.95. The molecule has 2 saturated heterocycles. The van der Waals surface area contributed by atoms with Crippen LogP contribution in [0.25, 0.3) is 10.9 Å². The molecule has 2 atom stereocenters. The van der Waals surface area contributed by atoms with Crippen LogP contribution in [0.3, 0.4) is 0 Å². The lowest BCUT2D eigenvalue weighted by Gasteiger charge is -2.08. The van der Waals surface area contributed by atoms with Crippen LogP contribution in [0.2, 0.25) is 0 Å². The van der Waals surface area contributed by atoms with E-state index in [1.807, 2.05) is 39.3 Å². The van der Waals surface area contributed by atoms with Gasteiger partial charge in [0.15, 0.2) is 0 Å². The highest BCUT2D eigenvalue weighted by atomic mass is 16.6. The summed E-state index contributed by atoms with van der Waals surface area (Å²) in [7, 11) is 4.02. The van der Waals surface area contributed by atoms with Crippen LogP contribution >= 0.6 is 0 Å². The Morgan fingerprint density at radius 1 is 1.26 bits per heavy atom. The number of fused-ring (bicyclic) bond motifs is 1. The van der Waals surface area contributed by atoms with Gasteiger partial charge in [0.2, 0.25) is 6.41 Å². The highest BCUT2D eigenvalue weighted by molar-refractivity contribution is 5.83. The lowest BCUT2D eigenvalue weighted by Crippen LogP contribution is -2.26.